The Bertz CT molecular complexity index is 906. The first-order valence-corrected chi connectivity index (χ1v) is 8.93. The summed E-state index contributed by atoms with van der Waals surface area (Å²) in [6.45, 7) is 4.66. The first kappa shape index (κ1) is 16.5. The number of nitrogens with one attached hydrogen (secondary N) is 1. The minimum Gasteiger partial charge on any atom is -0.335 e. The Labute approximate surface area is 157 Å². The molecule has 2 aromatic carbocycles. The van der Waals surface area contributed by atoms with Gasteiger partial charge in [0.05, 0.1) is 6.54 Å². The van der Waals surface area contributed by atoms with Crippen LogP contribution in [0.4, 0.5) is 5.69 Å². The molecule has 25 heavy (non-hydrogen) atoms. The molecular formula is C20H18Cl2N2O. The maximum atomic E-state index is 12.3. The van der Waals surface area contributed by atoms with Gasteiger partial charge in [-0.3, -0.25) is 4.79 Å². The van der Waals surface area contributed by atoms with E-state index in [0.717, 1.165) is 11.3 Å². The van der Waals surface area contributed by atoms with Gasteiger partial charge in [0, 0.05) is 21.1 Å². The van der Waals surface area contributed by atoms with Gasteiger partial charge in [0.1, 0.15) is 5.66 Å². The van der Waals surface area contributed by atoms with Gasteiger partial charge in [0.2, 0.25) is 5.91 Å². The van der Waals surface area contributed by atoms with E-state index in [1.165, 1.54) is 5.56 Å². The Balaban J connectivity index is 1.84. The molecule has 1 saturated heterocycles. The fraction of sp³-hybridized carbons (Fsp3) is 0.250. The summed E-state index contributed by atoms with van der Waals surface area (Å²) in [5.41, 5.74) is 2.29. The summed E-state index contributed by atoms with van der Waals surface area (Å²) in [6.07, 6.45) is 4.01. The molecular weight excluding hydrogens is 355 g/mol. The van der Waals surface area contributed by atoms with Crippen molar-refractivity contribution in [3.63, 3.8) is 0 Å². The predicted molar refractivity (Wildman–Crippen MR) is 103 cm³/mol. The van der Waals surface area contributed by atoms with E-state index >= 15 is 0 Å². The summed E-state index contributed by atoms with van der Waals surface area (Å²) < 4.78 is 0. The third-order valence-electron chi connectivity index (χ3n) is 5.35. The van der Waals surface area contributed by atoms with Crippen molar-refractivity contribution >= 4 is 40.9 Å². The highest BCUT2D eigenvalue weighted by Crippen LogP contribution is 2.52. The normalized spacial score (nSPS) is 23.7. The zero-order valence-electron chi connectivity index (χ0n) is 14.0. The molecule has 2 heterocycles. The first-order chi connectivity index (χ1) is 11.8. The molecule has 3 nitrogen and oxygen atoms in total. The Hall–Kier alpha value is -1.97. The summed E-state index contributed by atoms with van der Waals surface area (Å²) in [5.74, 6) is 0.0226. The number of halogens is 2. The standard InChI is InChI=1S/C20H18Cl2N2O/c1-19(2)15-5-3-4-6-17(15)24-12-18(25)23-20(19,24)10-9-13-7-8-14(21)11-16(13)22/h3-11H,12H2,1-2H3,(H,23,25)/b10-9+/t20-/m1/s1. The molecule has 0 spiro atoms. The van der Waals surface area contributed by atoms with E-state index in [0.29, 0.717) is 16.6 Å². The van der Waals surface area contributed by atoms with E-state index in [2.05, 4.69) is 36.2 Å². The lowest BCUT2D eigenvalue weighted by atomic mass is 9.75. The number of anilines is 1. The fourth-order valence-electron chi connectivity index (χ4n) is 3.99. The van der Waals surface area contributed by atoms with E-state index in [4.69, 9.17) is 23.2 Å². The van der Waals surface area contributed by atoms with Crippen LogP contribution in [0.2, 0.25) is 10.0 Å². The molecule has 0 aliphatic carbocycles. The number of fused-ring (bicyclic) bond motifs is 3. The zero-order chi connectivity index (χ0) is 17.8. The van der Waals surface area contributed by atoms with Crippen molar-refractivity contribution in [2.24, 2.45) is 0 Å². The molecule has 1 fully saturated rings. The number of carbonyl (C=O) groups is 1. The maximum Gasteiger partial charge on any atom is 0.241 e. The zero-order valence-corrected chi connectivity index (χ0v) is 15.5. The smallest absolute Gasteiger partial charge is 0.241 e. The van der Waals surface area contributed by atoms with E-state index in [9.17, 15) is 4.79 Å². The van der Waals surface area contributed by atoms with Gasteiger partial charge in [0.25, 0.3) is 0 Å². The molecule has 0 saturated carbocycles. The van der Waals surface area contributed by atoms with Gasteiger partial charge in [0.15, 0.2) is 0 Å². The van der Waals surface area contributed by atoms with Crippen molar-refractivity contribution in [1.82, 2.24) is 5.32 Å². The molecule has 4 rings (SSSR count). The summed E-state index contributed by atoms with van der Waals surface area (Å²) in [5, 5.41) is 4.39. The monoisotopic (exact) mass is 372 g/mol. The number of carbonyl (C=O) groups excluding carboxylic acids is 1. The van der Waals surface area contributed by atoms with Crippen molar-refractivity contribution in [1.29, 1.82) is 0 Å². The average Bonchev–Trinajstić information content (AvgIpc) is 2.99. The third kappa shape index (κ3) is 2.30. The van der Waals surface area contributed by atoms with Crippen LogP contribution < -0.4 is 10.2 Å². The Morgan fingerprint density at radius 3 is 2.68 bits per heavy atom. The molecule has 2 aliphatic rings. The van der Waals surface area contributed by atoms with Crippen LogP contribution in [0.15, 0.2) is 48.5 Å². The third-order valence-corrected chi connectivity index (χ3v) is 5.91. The predicted octanol–water partition coefficient (Wildman–Crippen LogP) is 4.63. The molecule has 128 valence electrons. The topological polar surface area (TPSA) is 32.3 Å². The number of amides is 1. The second-order valence-electron chi connectivity index (χ2n) is 7.04. The summed E-state index contributed by atoms with van der Waals surface area (Å²) >= 11 is 12.3. The van der Waals surface area contributed by atoms with Gasteiger partial charge in [-0.15, -0.1) is 0 Å². The van der Waals surface area contributed by atoms with Gasteiger partial charge in [-0.25, -0.2) is 0 Å². The number of rotatable bonds is 2. The second kappa shape index (κ2) is 5.52. The van der Waals surface area contributed by atoms with Crippen LogP contribution in [0.5, 0.6) is 0 Å². The molecule has 5 heteroatoms. The van der Waals surface area contributed by atoms with Gasteiger partial charge < -0.3 is 10.2 Å². The fourth-order valence-corrected chi connectivity index (χ4v) is 4.46. The molecule has 0 bridgehead atoms. The Kier molecular flexibility index (Phi) is 3.64. The van der Waals surface area contributed by atoms with E-state index in [-0.39, 0.29) is 11.3 Å². The minimum absolute atomic E-state index is 0.0226. The quantitative estimate of drug-likeness (QED) is 0.833. The summed E-state index contributed by atoms with van der Waals surface area (Å²) in [7, 11) is 0. The van der Waals surface area contributed by atoms with Crippen LogP contribution in [-0.2, 0) is 10.2 Å². The maximum absolute atomic E-state index is 12.3. The van der Waals surface area contributed by atoms with Crippen molar-refractivity contribution in [3.05, 3.63) is 69.7 Å². The Morgan fingerprint density at radius 1 is 1.16 bits per heavy atom. The minimum atomic E-state index is -0.614. The molecule has 2 aromatic rings. The highest BCUT2D eigenvalue weighted by Gasteiger charge is 2.59. The SMILES string of the molecule is CC1(C)c2ccccc2N2CC(=O)N[C@]21/C=C/c1ccc(Cl)cc1Cl. The van der Waals surface area contributed by atoms with Gasteiger partial charge in [-0.2, -0.15) is 0 Å². The van der Waals surface area contributed by atoms with Crippen molar-refractivity contribution in [2.75, 3.05) is 11.4 Å². The van der Waals surface area contributed by atoms with Crippen LogP contribution in [0.25, 0.3) is 6.08 Å². The van der Waals surface area contributed by atoms with Crippen LogP contribution in [0.3, 0.4) is 0 Å². The number of para-hydroxylation sites is 1. The lowest BCUT2D eigenvalue weighted by Gasteiger charge is -2.40. The number of hydrogen-bond donors (Lipinski definition) is 1. The van der Waals surface area contributed by atoms with Crippen molar-refractivity contribution < 1.29 is 4.79 Å². The highest BCUT2D eigenvalue weighted by atomic mass is 35.5. The summed E-state index contributed by atoms with van der Waals surface area (Å²) in [4.78, 5) is 14.4. The second-order valence-corrected chi connectivity index (χ2v) is 7.89. The summed E-state index contributed by atoms with van der Waals surface area (Å²) in [6, 6.07) is 13.7. The van der Waals surface area contributed by atoms with Crippen LogP contribution in [0, 0.1) is 0 Å². The lowest BCUT2D eigenvalue weighted by Crippen LogP contribution is -2.58. The van der Waals surface area contributed by atoms with Crippen LogP contribution in [-0.4, -0.2) is 18.1 Å². The molecule has 0 unspecified atom stereocenters. The average molecular weight is 373 g/mol. The molecule has 0 aromatic heterocycles. The largest absolute Gasteiger partial charge is 0.335 e. The lowest BCUT2D eigenvalue weighted by molar-refractivity contribution is -0.118. The molecule has 1 N–H and O–H groups in total. The van der Waals surface area contributed by atoms with Crippen molar-refractivity contribution in [3.8, 4) is 0 Å². The van der Waals surface area contributed by atoms with Crippen molar-refractivity contribution in [2.45, 2.75) is 24.9 Å². The number of nitrogens with zero attached hydrogens (tertiary/aromatic N) is 1. The molecule has 2 aliphatic heterocycles. The molecule has 1 amide bonds. The molecule has 1 atom stereocenters. The van der Waals surface area contributed by atoms with Gasteiger partial charge in [-0.1, -0.05) is 67.4 Å². The number of benzene rings is 2. The van der Waals surface area contributed by atoms with Crippen LogP contribution >= 0.6 is 23.2 Å². The first-order valence-electron chi connectivity index (χ1n) is 8.18. The number of hydrogen-bond acceptors (Lipinski definition) is 2. The van der Waals surface area contributed by atoms with E-state index < -0.39 is 5.66 Å². The highest BCUT2D eigenvalue weighted by molar-refractivity contribution is 6.35. The van der Waals surface area contributed by atoms with E-state index in [1.54, 1.807) is 6.07 Å². The Morgan fingerprint density at radius 2 is 1.92 bits per heavy atom. The van der Waals surface area contributed by atoms with Gasteiger partial charge >= 0.3 is 0 Å². The van der Waals surface area contributed by atoms with Gasteiger partial charge in [-0.05, 0) is 35.4 Å². The van der Waals surface area contributed by atoms with E-state index in [1.807, 2.05) is 36.4 Å². The van der Waals surface area contributed by atoms with Crippen LogP contribution in [0.1, 0.15) is 25.0 Å². The molecule has 0 radical (unpaired) electrons.